The van der Waals surface area contributed by atoms with E-state index < -0.39 is 41.1 Å². The van der Waals surface area contributed by atoms with E-state index in [0.717, 1.165) is 4.90 Å². The fourth-order valence-corrected chi connectivity index (χ4v) is 7.68. The van der Waals surface area contributed by atoms with E-state index in [1.54, 1.807) is 90.9 Å². The number of imide groups is 2. The smallest absolute Gasteiger partial charge is 0.340 e. The van der Waals surface area contributed by atoms with Gasteiger partial charge in [-0.3, -0.25) is 29.4 Å². The second-order valence-corrected chi connectivity index (χ2v) is 15.6. The van der Waals surface area contributed by atoms with Crippen molar-refractivity contribution >= 4 is 46.0 Å². The maximum Gasteiger partial charge on any atom is 0.340 e. The lowest BCUT2D eigenvalue weighted by Crippen LogP contribution is -2.54. The molecule has 20 nitrogen and oxygen atoms in total. The number of halogens is 1. The Morgan fingerprint density at radius 1 is 0.824 bits per heavy atom. The first-order valence-electron chi connectivity index (χ1n) is 22.0. The first-order chi connectivity index (χ1) is 33.1. The zero-order valence-electron chi connectivity index (χ0n) is 37.0. The zero-order valence-corrected chi connectivity index (χ0v) is 37.0. The number of rotatable bonds is 24. The van der Waals surface area contributed by atoms with Gasteiger partial charge in [0.25, 0.3) is 11.8 Å². The lowest BCUT2D eigenvalue weighted by atomic mass is 9.99. The fraction of sp³-hybridized carbons (Fsp3) is 0.340. The molecule has 3 N–H and O–H groups in total. The molecule has 6 aromatic rings. The molecular weight excluding hydrogens is 886 g/mol. The van der Waals surface area contributed by atoms with E-state index in [4.69, 9.17) is 28.1 Å². The molecule has 1 saturated heterocycles. The van der Waals surface area contributed by atoms with Gasteiger partial charge < -0.3 is 38.7 Å². The molecule has 0 spiro atoms. The highest BCUT2D eigenvalue weighted by atomic mass is 19.1. The third-order valence-electron chi connectivity index (χ3n) is 11.1. The third-order valence-corrected chi connectivity index (χ3v) is 11.1. The normalized spacial score (nSPS) is 14.7. The number of fused-ring (bicyclic) bond motifs is 2. The highest BCUT2D eigenvalue weighted by Gasteiger charge is 2.45. The summed E-state index contributed by atoms with van der Waals surface area (Å²) >= 11 is 0. The Hall–Kier alpha value is -7.46. The summed E-state index contributed by atoms with van der Waals surface area (Å²) in [5.41, 5.74) is 2.83. The van der Waals surface area contributed by atoms with Crippen LogP contribution in [0, 0.1) is 12.7 Å². The summed E-state index contributed by atoms with van der Waals surface area (Å²) in [5, 5.41) is 17.4. The standard InChI is InChI=1S/C47H48FN9O11/c1-29-33-10-9-32(67-47-50-13-4-14-51-47)26-39(33)68-46(62)35(29)25-30-5-2-8-37(42(30)48)52-27-31-28-56(55-54-31)16-18-64-20-22-66-24-23-65-21-19-63-17-15-49-36-7-3-6-34-41(36)45(61)57(44(34)60)38-11-12-40(58)53-43(38)59/h2-10,13-14,26,28,38,49,52H,11-12,15-25,27H2,1H3,(H,53,58,59). The summed E-state index contributed by atoms with van der Waals surface area (Å²) in [4.78, 5) is 72.3. The first kappa shape index (κ1) is 47.0. The molecule has 354 valence electrons. The van der Waals surface area contributed by atoms with E-state index in [-0.39, 0.29) is 48.6 Å². The Morgan fingerprint density at radius 2 is 1.54 bits per heavy atom. The van der Waals surface area contributed by atoms with Crippen molar-refractivity contribution in [1.82, 2.24) is 35.2 Å². The molecule has 1 fully saturated rings. The lowest BCUT2D eigenvalue weighted by molar-refractivity contribution is -0.136. The van der Waals surface area contributed by atoms with Crippen molar-refractivity contribution in [3.63, 3.8) is 0 Å². The predicted molar refractivity (Wildman–Crippen MR) is 241 cm³/mol. The molecule has 4 amide bonds. The van der Waals surface area contributed by atoms with Crippen LogP contribution in [0.15, 0.2) is 88.5 Å². The van der Waals surface area contributed by atoms with Crippen LogP contribution in [0.3, 0.4) is 0 Å². The number of benzene rings is 3. The molecule has 3 aromatic carbocycles. The van der Waals surface area contributed by atoms with Crippen molar-refractivity contribution in [3.8, 4) is 11.8 Å². The van der Waals surface area contributed by atoms with Crippen molar-refractivity contribution in [2.75, 3.05) is 70.0 Å². The van der Waals surface area contributed by atoms with Crippen LogP contribution in [0.5, 0.6) is 11.8 Å². The Kier molecular flexibility index (Phi) is 15.5. The topological polar surface area (TPSA) is 240 Å². The van der Waals surface area contributed by atoms with Crippen molar-refractivity contribution < 1.29 is 51.7 Å². The van der Waals surface area contributed by atoms with E-state index in [1.165, 1.54) is 0 Å². The number of hydrogen-bond donors (Lipinski definition) is 3. The van der Waals surface area contributed by atoms with Crippen LogP contribution in [0.25, 0.3) is 11.0 Å². The molecule has 0 aliphatic carbocycles. The average molecular weight is 934 g/mol. The number of aryl methyl sites for hydroxylation is 1. The molecule has 68 heavy (non-hydrogen) atoms. The van der Waals surface area contributed by atoms with Crippen LogP contribution >= 0.6 is 0 Å². The average Bonchev–Trinajstić information content (AvgIpc) is 3.90. The fourth-order valence-electron chi connectivity index (χ4n) is 7.68. The molecule has 3 aromatic heterocycles. The number of hydrogen-bond acceptors (Lipinski definition) is 17. The minimum absolute atomic E-state index is 0.0304. The number of nitrogens with one attached hydrogen (secondary N) is 3. The Morgan fingerprint density at radius 3 is 2.31 bits per heavy atom. The molecule has 1 atom stereocenters. The highest BCUT2D eigenvalue weighted by Crippen LogP contribution is 2.33. The second-order valence-electron chi connectivity index (χ2n) is 15.6. The zero-order chi connectivity index (χ0) is 47.4. The minimum Gasteiger partial charge on any atom is -0.424 e. The maximum absolute atomic E-state index is 15.7. The number of carbonyl (C=O) groups excluding carboxylic acids is 4. The number of aromatic nitrogens is 5. The monoisotopic (exact) mass is 933 g/mol. The summed E-state index contributed by atoms with van der Waals surface area (Å²) in [7, 11) is 0. The number of piperidine rings is 1. The summed E-state index contributed by atoms with van der Waals surface area (Å²) in [6.45, 7) is 5.69. The van der Waals surface area contributed by atoms with Gasteiger partial charge in [0.15, 0.2) is 0 Å². The van der Waals surface area contributed by atoms with Crippen LogP contribution in [-0.4, -0.2) is 119 Å². The van der Waals surface area contributed by atoms with E-state index >= 15 is 4.39 Å². The summed E-state index contributed by atoms with van der Waals surface area (Å²) in [5.74, 6) is -2.31. The Balaban J connectivity index is 0.669. The van der Waals surface area contributed by atoms with Crippen LogP contribution in [0.4, 0.5) is 15.8 Å². The van der Waals surface area contributed by atoms with Crippen molar-refractivity contribution in [3.05, 3.63) is 129 Å². The van der Waals surface area contributed by atoms with Gasteiger partial charge in [-0.25, -0.2) is 23.8 Å². The predicted octanol–water partition coefficient (Wildman–Crippen LogP) is 4.20. The summed E-state index contributed by atoms with van der Waals surface area (Å²) in [6.07, 6.45) is 5.03. The van der Waals surface area contributed by atoms with Crippen LogP contribution in [-0.2, 0) is 48.0 Å². The van der Waals surface area contributed by atoms with Gasteiger partial charge in [0.1, 0.15) is 28.9 Å². The van der Waals surface area contributed by atoms with E-state index in [9.17, 15) is 24.0 Å². The van der Waals surface area contributed by atoms with Crippen LogP contribution in [0.1, 0.15) is 55.9 Å². The SMILES string of the molecule is Cc1c(Cc2cccc(NCc3cn(CCOCCOCCOCCOCCNc4cccc5c4C(=O)N(C4CCC(=O)NC4=O)C5=O)nn3)c2F)c(=O)oc2cc(Oc3ncccn3)ccc12. The molecule has 0 bridgehead atoms. The quantitative estimate of drug-likeness (QED) is 0.0438. The molecule has 2 aliphatic rings. The number of nitrogens with zero attached hydrogens (tertiary/aromatic N) is 6. The number of carbonyl (C=O) groups is 4. The first-order valence-corrected chi connectivity index (χ1v) is 22.0. The molecular formula is C47H48FN9O11. The van der Waals surface area contributed by atoms with E-state index in [2.05, 4.69) is 36.2 Å². The van der Waals surface area contributed by atoms with Crippen molar-refractivity contribution in [2.24, 2.45) is 0 Å². The number of anilines is 2. The molecule has 1 unspecified atom stereocenters. The summed E-state index contributed by atoms with van der Waals surface area (Å²) in [6, 6.07) is 15.8. The molecule has 21 heteroatoms. The van der Waals surface area contributed by atoms with Crippen LogP contribution < -0.4 is 26.3 Å². The second kappa shape index (κ2) is 22.4. The van der Waals surface area contributed by atoms with Gasteiger partial charge in [0.05, 0.1) is 89.0 Å². The maximum atomic E-state index is 15.7. The van der Waals surface area contributed by atoms with Gasteiger partial charge in [-0.2, -0.15) is 0 Å². The highest BCUT2D eigenvalue weighted by molar-refractivity contribution is 6.25. The third kappa shape index (κ3) is 11.4. The number of amides is 4. The van der Waals surface area contributed by atoms with Gasteiger partial charge in [0, 0.05) is 54.5 Å². The molecule has 8 rings (SSSR count). The Labute approximate surface area is 388 Å². The largest absolute Gasteiger partial charge is 0.424 e. The molecule has 0 radical (unpaired) electrons. The number of ether oxygens (including phenoxy) is 5. The minimum atomic E-state index is -1.03. The van der Waals surface area contributed by atoms with Gasteiger partial charge in [-0.15, -0.1) is 5.10 Å². The summed E-state index contributed by atoms with van der Waals surface area (Å²) < 4.78 is 51.1. The van der Waals surface area contributed by atoms with Gasteiger partial charge in [-0.1, -0.05) is 23.4 Å². The van der Waals surface area contributed by atoms with E-state index in [0.29, 0.717) is 111 Å². The van der Waals surface area contributed by atoms with Gasteiger partial charge >= 0.3 is 11.6 Å². The van der Waals surface area contributed by atoms with Crippen LogP contribution in [0.2, 0.25) is 0 Å². The molecule has 0 saturated carbocycles. The van der Waals surface area contributed by atoms with Crippen molar-refractivity contribution in [2.45, 2.75) is 45.3 Å². The molecule has 2 aliphatic heterocycles. The van der Waals surface area contributed by atoms with Crippen molar-refractivity contribution in [1.29, 1.82) is 0 Å². The molecule has 5 heterocycles. The van der Waals surface area contributed by atoms with Gasteiger partial charge in [-0.05, 0) is 60.9 Å². The Bertz CT molecular complexity index is 2840. The van der Waals surface area contributed by atoms with Gasteiger partial charge in [0.2, 0.25) is 11.8 Å². The lowest BCUT2D eigenvalue weighted by Gasteiger charge is -2.27. The van der Waals surface area contributed by atoms with E-state index in [1.807, 2.05) is 0 Å².